The summed E-state index contributed by atoms with van der Waals surface area (Å²) in [4.78, 5) is 73.8. The number of benzene rings is 4. The van der Waals surface area contributed by atoms with Gasteiger partial charge in [0.1, 0.15) is 11.5 Å². The van der Waals surface area contributed by atoms with E-state index in [0.717, 1.165) is 24.3 Å². The Morgan fingerprint density at radius 1 is 0.653 bits per heavy atom. The number of hydrogen-bond acceptors (Lipinski definition) is 13. The van der Waals surface area contributed by atoms with E-state index in [0.29, 0.717) is 34.1 Å². The van der Waals surface area contributed by atoms with Crippen LogP contribution < -0.4 is 54.1 Å². The molecule has 2 aliphatic heterocycles. The summed E-state index contributed by atoms with van der Waals surface area (Å²) in [6.07, 6.45) is -11.8. The number of rotatable bonds is 17. The number of aliphatic carboxylic acids is 1. The number of amides is 3. The molecule has 0 saturated heterocycles. The van der Waals surface area contributed by atoms with Crippen LogP contribution in [0.4, 0.5) is 46.5 Å². The molecule has 17 nitrogen and oxygen atoms in total. The molecule has 0 spiro atoms. The fraction of sp³-hybridized carbons (Fsp3) is 0.348. The number of anilines is 2. The molecule has 0 aromatic heterocycles. The predicted molar refractivity (Wildman–Crippen MR) is 247 cm³/mol. The Balaban J connectivity index is 0.000000500. The van der Waals surface area contributed by atoms with E-state index in [-0.39, 0.29) is 77.1 Å². The molecule has 0 bridgehead atoms. The molecular formula is C46H44Cl2F8N3NaO14S. The SMILES string of the molecule is C.C.COc1ccc(Cl)cc1C1(F)C(=O)N(COC(=O)CCC(=O)NCCS(=O)(=O)[O-])c2cc(C(F)(F)F)ccc21.COc1ccc(Cl)cc1C1(F)C(=O)N(COC(=O)CCC(=O)O)c2cc(C(F)(F)F)ccc21.[Na+]. The van der Waals surface area contributed by atoms with Crippen molar-refractivity contribution in [3.8, 4) is 11.5 Å². The average Bonchev–Trinajstić information content (AvgIpc) is 3.66. The standard InChI is InChI=1S/C23H21ClF4N2O8S.C21H16ClF4NO6.2CH4.Na/c1-37-18-5-3-14(24)11-16(18)22(25)15-4-2-13(23(26,27)28)10-17(15)30(21(22)33)12-38-20(32)7-6-19(31)29-8-9-39(34,35)36;1-32-16-5-3-12(22)9-14(16)20(23)13-4-2-11(21(24,25)26)8-15(13)27(19(20)31)10-33-18(30)7-6-17(28)29;;;/h2-5,10-11H,6-9,12H2,1H3,(H,29,31)(H,34,35,36);2-5,8-9H,6-7,10H2,1H3,(H,28,29);2*1H4;/q;;;;+1/p-1. The molecule has 0 radical (unpaired) electrons. The zero-order chi connectivity index (χ0) is 53.7. The van der Waals surface area contributed by atoms with Crippen LogP contribution in [-0.2, 0) is 72.0 Å². The minimum atomic E-state index is -4.84. The van der Waals surface area contributed by atoms with Crippen molar-refractivity contribution in [2.45, 2.75) is 64.2 Å². The van der Waals surface area contributed by atoms with Gasteiger partial charge in [-0.25, -0.2) is 17.2 Å². The van der Waals surface area contributed by atoms with E-state index in [4.69, 9.17) is 47.3 Å². The molecule has 75 heavy (non-hydrogen) atoms. The van der Waals surface area contributed by atoms with Gasteiger partial charge in [0, 0.05) is 45.3 Å². The molecule has 3 amide bonds. The van der Waals surface area contributed by atoms with Gasteiger partial charge in [-0.2, -0.15) is 26.3 Å². The van der Waals surface area contributed by atoms with Gasteiger partial charge in [-0.15, -0.1) is 0 Å². The molecule has 29 heteroatoms. The molecule has 4 aromatic rings. The van der Waals surface area contributed by atoms with Crippen LogP contribution in [0.5, 0.6) is 11.5 Å². The molecule has 6 rings (SSSR count). The second kappa shape index (κ2) is 25.8. The van der Waals surface area contributed by atoms with Gasteiger partial charge < -0.3 is 33.9 Å². The number of carboxylic acids is 1. The van der Waals surface area contributed by atoms with Crippen LogP contribution in [-0.4, -0.2) is 93.7 Å². The maximum Gasteiger partial charge on any atom is 1.00 e. The number of carboxylic acid groups (broad SMARTS) is 1. The fourth-order valence-corrected chi connectivity index (χ4v) is 7.88. The molecule has 4 aromatic carbocycles. The molecular weight excluding hydrogens is 1100 g/mol. The number of esters is 2. The Kier molecular flexibility index (Phi) is 22.5. The van der Waals surface area contributed by atoms with Gasteiger partial charge in [-0.1, -0.05) is 50.2 Å². The van der Waals surface area contributed by atoms with Crippen molar-refractivity contribution in [3.63, 3.8) is 0 Å². The van der Waals surface area contributed by atoms with Crippen molar-refractivity contribution in [1.82, 2.24) is 5.32 Å². The maximum absolute atomic E-state index is 16.6. The number of nitrogens with one attached hydrogen (secondary N) is 1. The molecule has 2 unspecified atom stereocenters. The van der Waals surface area contributed by atoms with Crippen LogP contribution in [0, 0.1) is 0 Å². The van der Waals surface area contributed by atoms with Crippen LogP contribution in [0.25, 0.3) is 0 Å². The molecule has 2 aliphatic rings. The first-order chi connectivity index (χ1) is 33.5. The summed E-state index contributed by atoms with van der Waals surface area (Å²) in [6, 6.07) is 11.5. The smallest absolute Gasteiger partial charge is 0.748 e. The number of ether oxygens (including phenoxy) is 4. The second-order valence-corrected chi connectivity index (χ2v) is 17.6. The van der Waals surface area contributed by atoms with Gasteiger partial charge in [0.05, 0.1) is 71.9 Å². The number of carbonyl (C=O) groups is 6. The van der Waals surface area contributed by atoms with Gasteiger partial charge in [0.2, 0.25) is 17.2 Å². The maximum atomic E-state index is 16.6. The zero-order valence-electron chi connectivity index (χ0n) is 37.9. The summed E-state index contributed by atoms with van der Waals surface area (Å²) in [5.41, 5.74) is -11.0. The molecule has 0 fully saturated rings. The minimum Gasteiger partial charge on any atom is -0.748 e. The van der Waals surface area contributed by atoms with Crippen molar-refractivity contribution in [2.24, 2.45) is 0 Å². The Hall–Kier alpha value is -5.77. The summed E-state index contributed by atoms with van der Waals surface area (Å²) in [5, 5.41) is 10.8. The number of fused-ring (bicyclic) bond motifs is 2. The molecule has 0 saturated carbocycles. The van der Waals surface area contributed by atoms with Crippen molar-refractivity contribution in [2.75, 3.05) is 49.8 Å². The van der Waals surface area contributed by atoms with Crippen LogP contribution in [0.1, 0.15) is 73.9 Å². The normalized spacial score (nSPS) is 16.7. The third-order valence-corrected chi connectivity index (χ3v) is 11.8. The summed E-state index contributed by atoms with van der Waals surface area (Å²) in [7, 11) is -2.15. The second-order valence-electron chi connectivity index (χ2n) is 15.2. The third kappa shape index (κ3) is 15.0. The van der Waals surface area contributed by atoms with E-state index in [1.807, 2.05) is 0 Å². The Morgan fingerprint density at radius 2 is 1.04 bits per heavy atom. The van der Waals surface area contributed by atoms with E-state index >= 15 is 8.78 Å². The zero-order valence-corrected chi connectivity index (χ0v) is 42.3. The van der Waals surface area contributed by atoms with Gasteiger partial charge in [0.15, 0.2) is 13.5 Å². The number of methoxy groups -OCH3 is 2. The van der Waals surface area contributed by atoms with Crippen LogP contribution in [0.3, 0.4) is 0 Å². The van der Waals surface area contributed by atoms with E-state index in [2.05, 4.69) is 5.32 Å². The predicted octanol–water partition coefficient (Wildman–Crippen LogP) is 5.44. The van der Waals surface area contributed by atoms with Crippen LogP contribution in [0.2, 0.25) is 10.0 Å². The number of carbonyl (C=O) groups excluding carboxylic acids is 5. The van der Waals surface area contributed by atoms with Gasteiger partial charge in [-0.3, -0.25) is 38.6 Å². The Morgan fingerprint density at radius 3 is 1.39 bits per heavy atom. The van der Waals surface area contributed by atoms with E-state index < -0.39 is 155 Å². The van der Waals surface area contributed by atoms with Gasteiger partial charge >= 0.3 is 59.8 Å². The topological polar surface area (TPSA) is 235 Å². The van der Waals surface area contributed by atoms with E-state index in [1.165, 1.54) is 38.5 Å². The van der Waals surface area contributed by atoms with E-state index in [1.54, 1.807) is 0 Å². The quantitative estimate of drug-likeness (QED) is 0.0580. The van der Waals surface area contributed by atoms with Crippen molar-refractivity contribution in [1.29, 1.82) is 0 Å². The van der Waals surface area contributed by atoms with E-state index in [9.17, 15) is 68.1 Å². The molecule has 2 N–H and O–H groups in total. The van der Waals surface area contributed by atoms with Crippen molar-refractivity contribution < 1.29 is 130 Å². The average molecular weight is 1140 g/mol. The summed E-state index contributed by atoms with van der Waals surface area (Å²) in [5.74, 6) is -7.93. The summed E-state index contributed by atoms with van der Waals surface area (Å²) in [6.45, 7) is -2.40. The minimum absolute atomic E-state index is 0. The van der Waals surface area contributed by atoms with Gasteiger partial charge in [0.25, 0.3) is 11.8 Å². The molecule has 0 aliphatic carbocycles. The van der Waals surface area contributed by atoms with Crippen molar-refractivity contribution in [3.05, 3.63) is 116 Å². The number of alkyl halides is 8. The number of halogens is 10. The first-order valence-electron chi connectivity index (χ1n) is 20.3. The largest absolute Gasteiger partial charge is 1.00 e. The number of hydrogen-bond donors (Lipinski definition) is 2. The van der Waals surface area contributed by atoms with Crippen LogP contribution in [0.15, 0.2) is 72.8 Å². The summed E-state index contributed by atoms with van der Waals surface area (Å²) < 4.78 is 165. The van der Waals surface area contributed by atoms with Crippen molar-refractivity contribution >= 4 is 80.3 Å². The molecule has 2 atom stereocenters. The third-order valence-electron chi connectivity index (χ3n) is 10.6. The first kappa shape index (κ1) is 65.3. The van der Waals surface area contributed by atoms with Gasteiger partial charge in [-0.05, 0) is 60.7 Å². The first-order valence-corrected chi connectivity index (χ1v) is 22.7. The molecule has 2 heterocycles. The Bertz CT molecular complexity index is 2920. The molecule has 404 valence electrons. The van der Waals surface area contributed by atoms with Crippen LogP contribution >= 0.6 is 23.2 Å². The number of nitrogens with zero attached hydrogens (tertiary/aromatic N) is 2. The fourth-order valence-electron chi connectivity index (χ4n) is 7.19. The summed E-state index contributed by atoms with van der Waals surface area (Å²) >= 11 is 11.9. The monoisotopic (exact) mass is 1140 g/mol. The Labute approximate surface area is 455 Å².